The SMILES string of the molecule is CC(C)NCCCN(C)S(=O)(=O)NCc1cccnn1. The van der Waals surface area contributed by atoms with Crippen LogP contribution < -0.4 is 10.0 Å². The highest BCUT2D eigenvalue weighted by atomic mass is 32.2. The zero-order valence-corrected chi connectivity index (χ0v) is 13.0. The summed E-state index contributed by atoms with van der Waals surface area (Å²) >= 11 is 0. The molecule has 8 heteroatoms. The Balaban J connectivity index is 2.35. The van der Waals surface area contributed by atoms with Crippen molar-refractivity contribution < 1.29 is 8.42 Å². The number of nitrogens with one attached hydrogen (secondary N) is 2. The van der Waals surface area contributed by atoms with Gasteiger partial charge in [-0.05, 0) is 25.1 Å². The van der Waals surface area contributed by atoms with Crippen LogP contribution in [0.5, 0.6) is 0 Å². The highest BCUT2D eigenvalue weighted by Crippen LogP contribution is 1.98. The van der Waals surface area contributed by atoms with E-state index in [1.165, 1.54) is 4.31 Å². The minimum Gasteiger partial charge on any atom is -0.314 e. The third kappa shape index (κ3) is 6.38. The van der Waals surface area contributed by atoms with Gasteiger partial charge in [0.05, 0.1) is 12.2 Å². The van der Waals surface area contributed by atoms with Crippen molar-refractivity contribution in [3.63, 3.8) is 0 Å². The minimum atomic E-state index is -3.47. The highest BCUT2D eigenvalue weighted by Gasteiger charge is 2.16. The van der Waals surface area contributed by atoms with E-state index >= 15 is 0 Å². The van der Waals surface area contributed by atoms with Gasteiger partial charge in [-0.15, -0.1) is 0 Å². The summed E-state index contributed by atoms with van der Waals surface area (Å²) < 4.78 is 27.8. The van der Waals surface area contributed by atoms with Gasteiger partial charge in [-0.3, -0.25) is 0 Å². The first kappa shape index (κ1) is 17.0. The van der Waals surface area contributed by atoms with Crippen LogP contribution in [0.4, 0.5) is 0 Å². The summed E-state index contributed by atoms with van der Waals surface area (Å²) in [4.78, 5) is 0. The smallest absolute Gasteiger partial charge is 0.279 e. The second-order valence-corrected chi connectivity index (χ2v) is 6.69. The van der Waals surface area contributed by atoms with Gasteiger partial charge in [0.25, 0.3) is 10.2 Å². The largest absolute Gasteiger partial charge is 0.314 e. The number of hydrogen-bond acceptors (Lipinski definition) is 5. The standard InChI is InChI=1S/C12H23N5O2S/c1-11(2)13-7-5-9-17(3)20(18,19)15-10-12-6-4-8-14-16-12/h4,6,8,11,13,15H,5,7,9-10H2,1-3H3. The lowest BCUT2D eigenvalue weighted by Gasteiger charge is -2.18. The Labute approximate surface area is 121 Å². The van der Waals surface area contributed by atoms with E-state index in [0.29, 0.717) is 18.3 Å². The van der Waals surface area contributed by atoms with Gasteiger partial charge >= 0.3 is 0 Å². The Kier molecular flexibility index (Phi) is 7.00. The highest BCUT2D eigenvalue weighted by molar-refractivity contribution is 7.87. The van der Waals surface area contributed by atoms with Crippen molar-refractivity contribution >= 4 is 10.2 Å². The van der Waals surface area contributed by atoms with E-state index in [1.807, 2.05) is 0 Å². The van der Waals surface area contributed by atoms with Crippen LogP contribution in [0.2, 0.25) is 0 Å². The van der Waals surface area contributed by atoms with Crippen LogP contribution in [-0.2, 0) is 16.8 Å². The second-order valence-electron chi connectivity index (χ2n) is 4.83. The average Bonchev–Trinajstić information content (AvgIpc) is 2.42. The first-order valence-corrected chi connectivity index (χ1v) is 8.06. The van der Waals surface area contributed by atoms with Gasteiger partial charge in [-0.1, -0.05) is 13.8 Å². The molecule has 0 fully saturated rings. The number of rotatable bonds is 9. The molecule has 0 saturated carbocycles. The normalized spacial score (nSPS) is 12.2. The third-order valence-corrected chi connectivity index (χ3v) is 4.19. The van der Waals surface area contributed by atoms with E-state index in [0.717, 1.165) is 13.0 Å². The topological polar surface area (TPSA) is 87.2 Å². The number of aromatic nitrogens is 2. The van der Waals surface area contributed by atoms with Crippen molar-refractivity contribution in [2.75, 3.05) is 20.1 Å². The zero-order valence-electron chi connectivity index (χ0n) is 12.2. The molecule has 1 aromatic rings. The Morgan fingerprint density at radius 3 is 2.75 bits per heavy atom. The molecule has 0 atom stereocenters. The predicted molar refractivity (Wildman–Crippen MR) is 78.2 cm³/mol. The molecule has 1 rings (SSSR count). The van der Waals surface area contributed by atoms with Crippen LogP contribution in [-0.4, -0.2) is 49.1 Å². The van der Waals surface area contributed by atoms with Crippen LogP contribution in [0.3, 0.4) is 0 Å². The van der Waals surface area contributed by atoms with Crippen LogP contribution >= 0.6 is 0 Å². The first-order valence-electron chi connectivity index (χ1n) is 6.62. The summed E-state index contributed by atoms with van der Waals surface area (Å²) in [5, 5.41) is 10.8. The molecule has 20 heavy (non-hydrogen) atoms. The van der Waals surface area contributed by atoms with Gasteiger partial charge < -0.3 is 5.32 Å². The first-order chi connectivity index (χ1) is 9.42. The molecule has 0 unspecified atom stereocenters. The van der Waals surface area contributed by atoms with E-state index in [4.69, 9.17) is 0 Å². The second kappa shape index (κ2) is 8.25. The molecular weight excluding hydrogens is 278 g/mol. The summed E-state index contributed by atoms with van der Waals surface area (Å²) in [7, 11) is -1.91. The molecule has 0 aromatic carbocycles. The molecule has 0 aliphatic heterocycles. The van der Waals surface area contributed by atoms with E-state index in [1.54, 1.807) is 25.4 Å². The van der Waals surface area contributed by atoms with E-state index in [-0.39, 0.29) is 6.54 Å². The lowest BCUT2D eigenvalue weighted by atomic mass is 10.3. The molecule has 114 valence electrons. The monoisotopic (exact) mass is 301 g/mol. The summed E-state index contributed by atoms with van der Waals surface area (Å²) in [6, 6.07) is 3.85. The maximum atomic E-state index is 12.0. The molecule has 0 aliphatic carbocycles. The average molecular weight is 301 g/mol. The van der Waals surface area contributed by atoms with Gasteiger partial charge in [-0.25, -0.2) is 0 Å². The molecule has 0 amide bonds. The molecule has 1 heterocycles. The van der Waals surface area contributed by atoms with Gasteiger partial charge in [0.1, 0.15) is 0 Å². The Morgan fingerprint density at radius 1 is 1.40 bits per heavy atom. The molecule has 2 N–H and O–H groups in total. The number of nitrogens with zero attached hydrogens (tertiary/aromatic N) is 3. The van der Waals surface area contributed by atoms with Crippen molar-refractivity contribution in [1.29, 1.82) is 0 Å². The van der Waals surface area contributed by atoms with E-state index in [9.17, 15) is 8.42 Å². The van der Waals surface area contributed by atoms with Crippen molar-refractivity contribution in [2.24, 2.45) is 0 Å². The van der Waals surface area contributed by atoms with Crippen LogP contribution in [0.15, 0.2) is 18.3 Å². The van der Waals surface area contributed by atoms with Gasteiger partial charge in [0.2, 0.25) is 0 Å². The molecule has 0 aliphatic rings. The molecule has 0 bridgehead atoms. The van der Waals surface area contributed by atoms with Gasteiger partial charge in [0, 0.05) is 25.8 Å². The Hall–Kier alpha value is -1.09. The van der Waals surface area contributed by atoms with Crippen molar-refractivity contribution in [3.05, 3.63) is 24.0 Å². The summed E-state index contributed by atoms with van der Waals surface area (Å²) in [6.07, 6.45) is 2.31. The third-order valence-electron chi connectivity index (χ3n) is 2.68. The van der Waals surface area contributed by atoms with Gasteiger partial charge in [0.15, 0.2) is 0 Å². The van der Waals surface area contributed by atoms with E-state index < -0.39 is 10.2 Å². The molecule has 1 aromatic heterocycles. The lowest BCUT2D eigenvalue weighted by molar-refractivity contribution is 0.438. The molecule has 0 radical (unpaired) electrons. The quantitative estimate of drug-likeness (QED) is 0.633. The van der Waals surface area contributed by atoms with Crippen LogP contribution in [0.25, 0.3) is 0 Å². The maximum absolute atomic E-state index is 12.0. The predicted octanol–water partition coefficient (Wildman–Crippen LogP) is 0.131. The molecule has 7 nitrogen and oxygen atoms in total. The lowest BCUT2D eigenvalue weighted by Crippen LogP contribution is -2.39. The van der Waals surface area contributed by atoms with Gasteiger partial charge in [-0.2, -0.15) is 27.6 Å². The molecule has 0 saturated heterocycles. The Morgan fingerprint density at radius 2 is 2.15 bits per heavy atom. The fraction of sp³-hybridized carbons (Fsp3) is 0.667. The van der Waals surface area contributed by atoms with Crippen molar-refractivity contribution in [2.45, 2.75) is 32.9 Å². The number of hydrogen-bond donors (Lipinski definition) is 2. The maximum Gasteiger partial charge on any atom is 0.279 e. The Bertz CT molecular complexity index is 478. The zero-order chi connectivity index (χ0) is 15.0. The van der Waals surface area contributed by atoms with Crippen molar-refractivity contribution in [3.8, 4) is 0 Å². The summed E-state index contributed by atoms with van der Waals surface area (Å²) in [5.74, 6) is 0. The van der Waals surface area contributed by atoms with Crippen LogP contribution in [0.1, 0.15) is 26.0 Å². The molecular formula is C12H23N5O2S. The fourth-order valence-electron chi connectivity index (χ4n) is 1.52. The van der Waals surface area contributed by atoms with Crippen molar-refractivity contribution in [1.82, 2.24) is 24.5 Å². The van der Waals surface area contributed by atoms with E-state index in [2.05, 4.69) is 34.1 Å². The summed E-state index contributed by atoms with van der Waals surface area (Å²) in [6.45, 7) is 5.52. The minimum absolute atomic E-state index is 0.144. The summed E-state index contributed by atoms with van der Waals surface area (Å²) in [5.41, 5.74) is 0.589. The van der Waals surface area contributed by atoms with Crippen LogP contribution in [0, 0.1) is 0 Å². The molecule has 0 spiro atoms. The fourth-order valence-corrected chi connectivity index (χ4v) is 2.44.